The Balaban J connectivity index is 2.38. The van der Waals surface area contributed by atoms with Gasteiger partial charge in [0.25, 0.3) is 5.91 Å². The lowest BCUT2D eigenvalue weighted by atomic mass is 9.98. The average molecular weight is 360 g/mol. The molecule has 0 aromatic heterocycles. The summed E-state index contributed by atoms with van der Waals surface area (Å²) >= 11 is 0. The van der Waals surface area contributed by atoms with Crippen LogP contribution in [0.15, 0.2) is 47.4 Å². The molecule has 0 aliphatic heterocycles. The number of aryl methyl sites for hydroxylation is 1. The number of hydrogen-bond donors (Lipinski definition) is 1. The third kappa shape index (κ3) is 4.08. The molecule has 0 aliphatic rings. The minimum Gasteiger partial charge on any atom is -0.321 e. The van der Waals surface area contributed by atoms with Gasteiger partial charge >= 0.3 is 0 Å². The summed E-state index contributed by atoms with van der Waals surface area (Å²) in [7, 11) is -0.657. The van der Waals surface area contributed by atoms with E-state index < -0.39 is 10.0 Å². The van der Waals surface area contributed by atoms with Gasteiger partial charge in [0.15, 0.2) is 0 Å². The molecule has 0 unspecified atom stereocenters. The molecule has 0 aliphatic carbocycles. The molecule has 2 aromatic carbocycles. The standard InChI is InChI=1S/C19H24N2O3S/c1-13(2)17-11-6-8-14(3)18(17)20-19(22)15-9-7-10-16(12-15)25(23,24)21(4)5/h6-13H,1-5H3,(H,20,22). The zero-order chi connectivity index (χ0) is 18.8. The largest absolute Gasteiger partial charge is 0.321 e. The highest BCUT2D eigenvalue weighted by molar-refractivity contribution is 7.89. The van der Waals surface area contributed by atoms with Crippen molar-refractivity contribution < 1.29 is 13.2 Å². The summed E-state index contributed by atoms with van der Waals surface area (Å²) in [6, 6.07) is 12.0. The van der Waals surface area contributed by atoms with Gasteiger partial charge in [0.1, 0.15) is 0 Å². The fraction of sp³-hybridized carbons (Fsp3) is 0.316. The monoisotopic (exact) mass is 360 g/mol. The molecule has 2 rings (SSSR count). The molecule has 1 amide bonds. The first kappa shape index (κ1) is 19.1. The molecule has 134 valence electrons. The maximum absolute atomic E-state index is 12.7. The third-order valence-electron chi connectivity index (χ3n) is 4.04. The van der Waals surface area contributed by atoms with Crippen molar-refractivity contribution in [3.05, 3.63) is 59.2 Å². The molecule has 0 spiro atoms. The van der Waals surface area contributed by atoms with Gasteiger partial charge in [0.2, 0.25) is 10.0 Å². The van der Waals surface area contributed by atoms with Crippen molar-refractivity contribution in [3.8, 4) is 0 Å². The van der Waals surface area contributed by atoms with Crippen molar-refractivity contribution in [2.75, 3.05) is 19.4 Å². The van der Waals surface area contributed by atoms with Gasteiger partial charge < -0.3 is 5.32 Å². The van der Waals surface area contributed by atoms with E-state index in [2.05, 4.69) is 19.2 Å². The zero-order valence-corrected chi connectivity index (χ0v) is 16.0. The Bertz CT molecular complexity index is 887. The number of carbonyl (C=O) groups is 1. The van der Waals surface area contributed by atoms with E-state index in [9.17, 15) is 13.2 Å². The molecule has 1 N–H and O–H groups in total. The molecule has 2 aromatic rings. The van der Waals surface area contributed by atoms with Crippen molar-refractivity contribution in [2.45, 2.75) is 31.6 Å². The highest BCUT2D eigenvalue weighted by Gasteiger charge is 2.19. The Hall–Kier alpha value is -2.18. The van der Waals surface area contributed by atoms with Gasteiger partial charge in [-0.25, -0.2) is 12.7 Å². The van der Waals surface area contributed by atoms with Crippen LogP contribution in [0.1, 0.15) is 41.3 Å². The number of para-hydroxylation sites is 1. The Morgan fingerprint density at radius 1 is 1.08 bits per heavy atom. The Morgan fingerprint density at radius 3 is 2.32 bits per heavy atom. The van der Waals surface area contributed by atoms with E-state index in [4.69, 9.17) is 0 Å². The van der Waals surface area contributed by atoms with Crippen LogP contribution in [0.3, 0.4) is 0 Å². The first-order valence-corrected chi connectivity index (χ1v) is 9.52. The van der Waals surface area contributed by atoms with Crippen LogP contribution in [0.25, 0.3) is 0 Å². The van der Waals surface area contributed by atoms with Crippen LogP contribution in [0.2, 0.25) is 0 Å². The minimum absolute atomic E-state index is 0.0963. The molecule has 0 radical (unpaired) electrons. The first-order valence-electron chi connectivity index (χ1n) is 8.08. The Labute approximate surface area is 149 Å². The predicted octanol–water partition coefficient (Wildman–Crippen LogP) is 3.62. The number of sulfonamides is 1. The third-order valence-corrected chi connectivity index (χ3v) is 5.85. The van der Waals surface area contributed by atoms with E-state index >= 15 is 0 Å². The normalized spacial score (nSPS) is 11.8. The molecule has 5 nitrogen and oxygen atoms in total. The van der Waals surface area contributed by atoms with Gasteiger partial charge in [0.05, 0.1) is 4.90 Å². The number of nitrogens with one attached hydrogen (secondary N) is 1. The van der Waals surface area contributed by atoms with Crippen LogP contribution in [-0.2, 0) is 10.0 Å². The van der Waals surface area contributed by atoms with Gasteiger partial charge in [0, 0.05) is 25.3 Å². The van der Waals surface area contributed by atoms with Crippen LogP contribution in [-0.4, -0.2) is 32.7 Å². The summed E-state index contributed by atoms with van der Waals surface area (Å²) in [6.45, 7) is 6.07. The fourth-order valence-electron chi connectivity index (χ4n) is 2.54. The summed E-state index contributed by atoms with van der Waals surface area (Å²) in [5, 5.41) is 2.94. The van der Waals surface area contributed by atoms with Crippen molar-refractivity contribution in [3.63, 3.8) is 0 Å². The van der Waals surface area contributed by atoms with E-state index in [0.717, 1.165) is 21.1 Å². The zero-order valence-electron chi connectivity index (χ0n) is 15.2. The highest BCUT2D eigenvalue weighted by atomic mass is 32.2. The molecule has 6 heteroatoms. The average Bonchev–Trinajstić information content (AvgIpc) is 2.56. The summed E-state index contributed by atoms with van der Waals surface area (Å²) in [5.41, 5.74) is 3.10. The van der Waals surface area contributed by atoms with Gasteiger partial charge in [-0.1, -0.05) is 38.1 Å². The number of hydrogen-bond acceptors (Lipinski definition) is 3. The maximum Gasteiger partial charge on any atom is 0.255 e. The van der Waals surface area contributed by atoms with E-state index in [1.54, 1.807) is 12.1 Å². The summed E-state index contributed by atoms with van der Waals surface area (Å²) in [4.78, 5) is 12.8. The molecular formula is C19H24N2O3S. The quantitative estimate of drug-likeness (QED) is 0.885. The summed E-state index contributed by atoms with van der Waals surface area (Å²) in [6.07, 6.45) is 0. The molecule has 0 atom stereocenters. The lowest BCUT2D eigenvalue weighted by Gasteiger charge is -2.17. The van der Waals surface area contributed by atoms with E-state index in [1.807, 2.05) is 25.1 Å². The molecular weight excluding hydrogens is 336 g/mol. The Morgan fingerprint density at radius 2 is 1.72 bits per heavy atom. The SMILES string of the molecule is Cc1cccc(C(C)C)c1NC(=O)c1cccc(S(=O)(=O)N(C)C)c1. The van der Waals surface area contributed by atoms with Crippen LogP contribution < -0.4 is 5.32 Å². The van der Waals surface area contributed by atoms with Crippen LogP contribution >= 0.6 is 0 Å². The lowest BCUT2D eigenvalue weighted by molar-refractivity contribution is 0.102. The second-order valence-electron chi connectivity index (χ2n) is 6.46. The number of nitrogens with zero attached hydrogens (tertiary/aromatic N) is 1. The Kier molecular flexibility index (Phi) is 5.65. The van der Waals surface area contributed by atoms with Gasteiger partial charge in [-0.2, -0.15) is 0 Å². The summed E-state index contributed by atoms with van der Waals surface area (Å²) in [5.74, 6) is -0.0670. The highest BCUT2D eigenvalue weighted by Crippen LogP contribution is 2.28. The van der Waals surface area contributed by atoms with Crippen molar-refractivity contribution in [1.82, 2.24) is 4.31 Å². The second kappa shape index (κ2) is 7.37. The van der Waals surface area contributed by atoms with Gasteiger partial charge in [-0.15, -0.1) is 0 Å². The molecule has 25 heavy (non-hydrogen) atoms. The molecule has 0 fully saturated rings. The van der Waals surface area contributed by atoms with E-state index in [1.165, 1.54) is 26.2 Å². The van der Waals surface area contributed by atoms with Gasteiger partial charge in [-0.05, 0) is 42.2 Å². The number of benzene rings is 2. The lowest BCUT2D eigenvalue weighted by Crippen LogP contribution is -2.23. The van der Waals surface area contributed by atoms with Gasteiger partial charge in [-0.3, -0.25) is 4.79 Å². The van der Waals surface area contributed by atoms with E-state index in [-0.39, 0.29) is 16.7 Å². The summed E-state index contributed by atoms with van der Waals surface area (Å²) < 4.78 is 25.6. The number of amides is 1. The topological polar surface area (TPSA) is 66.5 Å². The number of rotatable bonds is 5. The van der Waals surface area contributed by atoms with Crippen LogP contribution in [0.4, 0.5) is 5.69 Å². The molecule has 0 saturated carbocycles. The molecule has 0 heterocycles. The minimum atomic E-state index is -3.58. The smallest absolute Gasteiger partial charge is 0.255 e. The maximum atomic E-state index is 12.7. The van der Waals surface area contributed by atoms with Crippen molar-refractivity contribution in [1.29, 1.82) is 0 Å². The first-order chi connectivity index (χ1) is 11.6. The number of carbonyl (C=O) groups excluding carboxylic acids is 1. The molecule has 0 saturated heterocycles. The van der Waals surface area contributed by atoms with Crippen molar-refractivity contribution in [2.24, 2.45) is 0 Å². The predicted molar refractivity (Wildman–Crippen MR) is 101 cm³/mol. The van der Waals surface area contributed by atoms with E-state index in [0.29, 0.717) is 5.56 Å². The molecule has 0 bridgehead atoms. The van der Waals surface area contributed by atoms with Crippen LogP contribution in [0.5, 0.6) is 0 Å². The fourth-order valence-corrected chi connectivity index (χ4v) is 3.48. The van der Waals surface area contributed by atoms with Crippen LogP contribution in [0, 0.1) is 6.92 Å². The number of anilines is 1. The second-order valence-corrected chi connectivity index (χ2v) is 8.62. The van der Waals surface area contributed by atoms with Crippen molar-refractivity contribution >= 4 is 21.6 Å².